The third-order valence-corrected chi connectivity index (χ3v) is 5.17. The highest BCUT2D eigenvalue weighted by Crippen LogP contribution is 2.27. The van der Waals surface area contributed by atoms with Crippen molar-refractivity contribution >= 4 is 17.3 Å². The third kappa shape index (κ3) is 4.21. The van der Waals surface area contributed by atoms with Crippen LogP contribution in [0.3, 0.4) is 0 Å². The van der Waals surface area contributed by atoms with E-state index in [0.29, 0.717) is 13.2 Å². The molecule has 0 bridgehead atoms. The zero-order valence-electron chi connectivity index (χ0n) is 15.9. The van der Waals surface area contributed by atoms with E-state index >= 15 is 0 Å². The topological polar surface area (TPSA) is 73.8 Å². The van der Waals surface area contributed by atoms with Crippen LogP contribution in [-0.2, 0) is 17.8 Å². The van der Waals surface area contributed by atoms with E-state index in [1.807, 2.05) is 6.07 Å². The van der Waals surface area contributed by atoms with E-state index in [-0.39, 0.29) is 12.1 Å². The number of likely N-dealkylation sites (N-methyl/N-ethyl adjacent to an activating group) is 1. The number of rotatable bonds is 5. The fourth-order valence-electron chi connectivity index (χ4n) is 3.93. The van der Waals surface area contributed by atoms with E-state index in [2.05, 4.69) is 57.4 Å². The summed E-state index contributed by atoms with van der Waals surface area (Å²) < 4.78 is 5.50. The Labute approximate surface area is 160 Å². The number of hydrogen-bond acceptors (Lipinski definition) is 7. The summed E-state index contributed by atoms with van der Waals surface area (Å²) in [5.74, 6) is 1.61. The van der Waals surface area contributed by atoms with Crippen LogP contribution in [0, 0.1) is 0 Å². The molecule has 0 spiro atoms. The zero-order valence-corrected chi connectivity index (χ0v) is 15.9. The van der Waals surface area contributed by atoms with E-state index in [1.165, 1.54) is 11.1 Å². The van der Waals surface area contributed by atoms with E-state index in [9.17, 15) is 5.11 Å². The first-order valence-electron chi connectivity index (χ1n) is 9.46. The largest absolute Gasteiger partial charge is 0.391 e. The molecule has 2 aliphatic rings. The molecule has 7 nitrogen and oxygen atoms in total. The molecule has 1 aromatic carbocycles. The third-order valence-electron chi connectivity index (χ3n) is 5.17. The normalized spacial score (nSPS) is 22.1. The molecule has 144 valence electrons. The number of aliphatic hydroxyl groups excluding tert-OH is 1. The summed E-state index contributed by atoms with van der Waals surface area (Å²) in [5.41, 5.74) is 3.61. The predicted octanol–water partition coefficient (Wildman–Crippen LogP) is 1.79. The molecule has 2 N–H and O–H groups in total. The van der Waals surface area contributed by atoms with Crippen LogP contribution in [0.4, 0.5) is 17.3 Å². The Hall–Kier alpha value is -2.22. The van der Waals surface area contributed by atoms with Crippen molar-refractivity contribution in [3.05, 3.63) is 41.7 Å². The minimum atomic E-state index is -0.316. The number of β-amino-alcohol motifs (C(OH)–C–C–N with tert-alkyl or cyclic N) is 1. The van der Waals surface area contributed by atoms with Crippen molar-refractivity contribution in [2.45, 2.75) is 31.6 Å². The fourth-order valence-corrected chi connectivity index (χ4v) is 3.93. The Morgan fingerprint density at radius 2 is 2.15 bits per heavy atom. The number of benzene rings is 1. The highest BCUT2D eigenvalue weighted by atomic mass is 16.5. The van der Waals surface area contributed by atoms with Crippen molar-refractivity contribution in [1.29, 1.82) is 0 Å². The molecule has 0 radical (unpaired) electrons. The Balaban J connectivity index is 1.52. The molecular weight excluding hydrogens is 342 g/mol. The van der Waals surface area contributed by atoms with Crippen LogP contribution in [0.25, 0.3) is 0 Å². The first-order valence-corrected chi connectivity index (χ1v) is 9.46. The molecular formula is C20H27N5O2. The minimum absolute atomic E-state index is 0.251. The van der Waals surface area contributed by atoms with Gasteiger partial charge in [0.05, 0.1) is 19.3 Å². The van der Waals surface area contributed by atoms with Gasteiger partial charge in [0.15, 0.2) is 0 Å². The maximum absolute atomic E-state index is 10.1. The Morgan fingerprint density at radius 1 is 1.26 bits per heavy atom. The molecule has 4 rings (SSSR count). The first-order chi connectivity index (χ1) is 13.1. The molecule has 2 aliphatic heterocycles. The van der Waals surface area contributed by atoms with Gasteiger partial charge in [-0.2, -0.15) is 0 Å². The Morgan fingerprint density at radius 3 is 3.00 bits per heavy atom. The van der Waals surface area contributed by atoms with Crippen LogP contribution < -0.4 is 10.2 Å². The number of nitrogens with zero attached hydrogens (tertiary/aromatic N) is 4. The van der Waals surface area contributed by atoms with Gasteiger partial charge in [0.1, 0.15) is 18.0 Å². The molecule has 0 unspecified atom stereocenters. The van der Waals surface area contributed by atoms with Gasteiger partial charge in [-0.3, -0.25) is 0 Å². The number of fused-ring (bicyclic) bond motifs is 1. The first kappa shape index (κ1) is 18.2. The Bertz CT molecular complexity index is 798. The van der Waals surface area contributed by atoms with Gasteiger partial charge in [0.2, 0.25) is 0 Å². The van der Waals surface area contributed by atoms with Crippen LogP contribution in [0.5, 0.6) is 0 Å². The number of nitrogens with one attached hydrogen (secondary N) is 1. The van der Waals surface area contributed by atoms with Gasteiger partial charge in [-0.05, 0) is 50.2 Å². The van der Waals surface area contributed by atoms with Crippen molar-refractivity contribution in [3.8, 4) is 0 Å². The number of aromatic nitrogens is 2. The highest BCUT2D eigenvalue weighted by molar-refractivity contribution is 5.61. The van der Waals surface area contributed by atoms with Crippen LogP contribution in [0.15, 0.2) is 30.6 Å². The van der Waals surface area contributed by atoms with Crippen molar-refractivity contribution in [2.24, 2.45) is 0 Å². The summed E-state index contributed by atoms with van der Waals surface area (Å²) in [6.45, 7) is 2.96. The lowest BCUT2D eigenvalue weighted by Crippen LogP contribution is -2.38. The predicted molar refractivity (Wildman–Crippen MR) is 105 cm³/mol. The standard InChI is InChI=1S/C20H27N5O2/c1-24(2)10-17-8-18(26)11-25(17)20-9-19(21-13-22-20)23-16-4-3-15-12-27-6-5-14(15)7-16/h3-4,7,9,13,17-18,26H,5-6,8,10-12H2,1-2H3,(H,21,22,23)/t17-,18-/m1/s1. The summed E-state index contributed by atoms with van der Waals surface area (Å²) in [6, 6.07) is 8.56. The van der Waals surface area contributed by atoms with Crippen LogP contribution >= 0.6 is 0 Å². The van der Waals surface area contributed by atoms with Gasteiger partial charge >= 0.3 is 0 Å². The summed E-state index contributed by atoms with van der Waals surface area (Å²) in [4.78, 5) is 13.2. The maximum Gasteiger partial charge on any atom is 0.135 e. The maximum atomic E-state index is 10.1. The fraction of sp³-hybridized carbons (Fsp3) is 0.500. The summed E-state index contributed by atoms with van der Waals surface area (Å²) in [6.07, 6.45) is 2.97. The van der Waals surface area contributed by atoms with Gasteiger partial charge < -0.3 is 25.0 Å². The molecule has 0 aliphatic carbocycles. The van der Waals surface area contributed by atoms with Crippen LogP contribution in [-0.4, -0.2) is 65.9 Å². The molecule has 0 saturated carbocycles. The van der Waals surface area contributed by atoms with Crippen LogP contribution in [0.2, 0.25) is 0 Å². The monoisotopic (exact) mass is 369 g/mol. The second-order valence-corrected chi connectivity index (χ2v) is 7.63. The molecule has 7 heteroatoms. The van der Waals surface area contributed by atoms with Gasteiger partial charge in [-0.25, -0.2) is 9.97 Å². The van der Waals surface area contributed by atoms with Crippen molar-refractivity contribution in [2.75, 3.05) is 44.0 Å². The lowest BCUT2D eigenvalue weighted by molar-refractivity contribution is 0.111. The van der Waals surface area contributed by atoms with E-state index < -0.39 is 0 Å². The lowest BCUT2D eigenvalue weighted by Gasteiger charge is -2.27. The number of hydrogen-bond donors (Lipinski definition) is 2. The highest BCUT2D eigenvalue weighted by Gasteiger charge is 2.32. The molecule has 1 aromatic heterocycles. The van der Waals surface area contributed by atoms with Gasteiger partial charge in [-0.1, -0.05) is 6.07 Å². The second-order valence-electron chi connectivity index (χ2n) is 7.63. The molecule has 2 aromatic rings. The molecule has 1 fully saturated rings. The van der Waals surface area contributed by atoms with Gasteiger partial charge in [0.25, 0.3) is 0 Å². The van der Waals surface area contributed by atoms with Gasteiger partial charge in [-0.15, -0.1) is 0 Å². The van der Waals surface area contributed by atoms with Crippen molar-refractivity contribution in [1.82, 2.24) is 14.9 Å². The second kappa shape index (κ2) is 7.80. The minimum Gasteiger partial charge on any atom is -0.391 e. The molecule has 2 atom stereocenters. The van der Waals surface area contributed by atoms with Gasteiger partial charge in [0, 0.05) is 30.9 Å². The summed E-state index contributed by atoms with van der Waals surface area (Å²) in [5, 5.41) is 13.5. The SMILES string of the molecule is CN(C)C[C@H]1C[C@@H](O)CN1c1cc(Nc2ccc3c(c2)CCOC3)ncn1. The average molecular weight is 369 g/mol. The van der Waals surface area contributed by atoms with E-state index in [1.54, 1.807) is 6.33 Å². The quantitative estimate of drug-likeness (QED) is 0.832. The Kier molecular flexibility index (Phi) is 5.24. The van der Waals surface area contributed by atoms with E-state index in [0.717, 1.165) is 43.3 Å². The molecule has 0 amide bonds. The summed E-state index contributed by atoms with van der Waals surface area (Å²) in [7, 11) is 4.11. The summed E-state index contributed by atoms with van der Waals surface area (Å²) >= 11 is 0. The molecule has 3 heterocycles. The molecule has 27 heavy (non-hydrogen) atoms. The van der Waals surface area contributed by atoms with Crippen molar-refractivity contribution in [3.63, 3.8) is 0 Å². The lowest BCUT2D eigenvalue weighted by atomic mass is 10.0. The average Bonchev–Trinajstić information content (AvgIpc) is 3.01. The van der Waals surface area contributed by atoms with Crippen LogP contribution in [0.1, 0.15) is 17.5 Å². The number of ether oxygens (including phenoxy) is 1. The zero-order chi connectivity index (χ0) is 18.8. The molecule has 1 saturated heterocycles. The number of aliphatic hydroxyl groups is 1. The van der Waals surface area contributed by atoms with Crippen molar-refractivity contribution < 1.29 is 9.84 Å². The van der Waals surface area contributed by atoms with E-state index in [4.69, 9.17) is 4.74 Å². The smallest absolute Gasteiger partial charge is 0.135 e. The number of anilines is 3.